The van der Waals surface area contributed by atoms with Crippen molar-refractivity contribution >= 4 is 34.2 Å². The molecule has 2 aromatic carbocycles. The molecule has 0 amide bonds. The molecule has 0 aliphatic heterocycles. The number of nitrogens with zero attached hydrogens (tertiary/aromatic N) is 2. The maximum Gasteiger partial charge on any atom is 0.125 e. The van der Waals surface area contributed by atoms with E-state index in [0.29, 0.717) is 5.02 Å². The molecule has 0 aliphatic carbocycles. The molecule has 0 spiro atoms. The number of fused-ring (bicyclic) bond motifs is 1. The van der Waals surface area contributed by atoms with Crippen LogP contribution in [0.4, 0.5) is 4.39 Å². The first-order valence-corrected chi connectivity index (χ1v) is 7.49. The van der Waals surface area contributed by atoms with E-state index in [1.165, 1.54) is 12.1 Å². The maximum atomic E-state index is 13.5. The van der Waals surface area contributed by atoms with Gasteiger partial charge in [0.1, 0.15) is 11.6 Å². The van der Waals surface area contributed by atoms with E-state index in [-0.39, 0.29) is 17.7 Å². The maximum absolute atomic E-state index is 13.5. The lowest BCUT2D eigenvalue weighted by molar-refractivity contribution is 0.603. The van der Waals surface area contributed by atoms with Crippen LogP contribution in [0, 0.1) is 5.82 Å². The molecule has 0 saturated carbocycles. The van der Waals surface area contributed by atoms with E-state index in [4.69, 9.17) is 23.2 Å². The van der Waals surface area contributed by atoms with Gasteiger partial charge in [0.05, 0.1) is 23.0 Å². The normalized spacial score (nSPS) is 12.8. The fraction of sp³-hybridized carbons (Fsp3) is 0.188. The summed E-state index contributed by atoms with van der Waals surface area (Å²) in [4.78, 5) is 4.51. The molecule has 0 radical (unpaired) electrons. The summed E-state index contributed by atoms with van der Waals surface area (Å²) in [6.07, 6.45) is 0. The summed E-state index contributed by atoms with van der Waals surface area (Å²) in [7, 11) is 0. The van der Waals surface area contributed by atoms with Gasteiger partial charge in [0.25, 0.3) is 0 Å². The molecule has 2 nitrogen and oxygen atoms in total. The third-order valence-electron chi connectivity index (χ3n) is 3.56. The Balaban J connectivity index is 2.18. The summed E-state index contributed by atoms with van der Waals surface area (Å²) in [6, 6.07) is 12.0. The van der Waals surface area contributed by atoms with Crippen molar-refractivity contribution < 1.29 is 4.39 Å². The number of halogens is 3. The van der Waals surface area contributed by atoms with E-state index in [2.05, 4.69) is 4.98 Å². The van der Waals surface area contributed by atoms with Crippen molar-refractivity contribution in [2.45, 2.75) is 18.8 Å². The van der Waals surface area contributed by atoms with Crippen LogP contribution in [0.25, 0.3) is 11.0 Å². The third-order valence-corrected chi connectivity index (χ3v) is 4.04. The molecule has 0 N–H and O–H groups in total. The van der Waals surface area contributed by atoms with Gasteiger partial charge in [-0.2, -0.15) is 0 Å². The molecular formula is C16H13Cl2FN2. The van der Waals surface area contributed by atoms with Gasteiger partial charge in [0.15, 0.2) is 0 Å². The van der Waals surface area contributed by atoms with Crippen LogP contribution in [-0.4, -0.2) is 9.55 Å². The fourth-order valence-corrected chi connectivity index (χ4v) is 2.92. The molecular weight excluding hydrogens is 310 g/mol. The van der Waals surface area contributed by atoms with Crippen LogP contribution in [0.2, 0.25) is 5.02 Å². The van der Waals surface area contributed by atoms with Gasteiger partial charge in [0, 0.05) is 5.02 Å². The SMILES string of the molecule is CC(c1cccc(F)c1)n1c(CCl)nc2cc(Cl)ccc21. The number of imidazole rings is 1. The van der Waals surface area contributed by atoms with E-state index in [9.17, 15) is 4.39 Å². The Hall–Kier alpha value is -1.58. The topological polar surface area (TPSA) is 17.8 Å². The highest BCUT2D eigenvalue weighted by Crippen LogP contribution is 2.28. The first kappa shape index (κ1) is 14.4. The molecule has 0 saturated heterocycles. The van der Waals surface area contributed by atoms with Crippen molar-refractivity contribution in [1.29, 1.82) is 0 Å². The fourth-order valence-electron chi connectivity index (χ4n) is 2.56. The van der Waals surface area contributed by atoms with Gasteiger partial charge in [-0.15, -0.1) is 11.6 Å². The molecule has 0 fully saturated rings. The van der Waals surface area contributed by atoms with Crippen LogP contribution in [0.5, 0.6) is 0 Å². The molecule has 1 heterocycles. The smallest absolute Gasteiger partial charge is 0.125 e. The average Bonchev–Trinajstić information content (AvgIpc) is 2.83. The summed E-state index contributed by atoms with van der Waals surface area (Å²) in [5.41, 5.74) is 2.60. The minimum absolute atomic E-state index is 0.0689. The molecule has 1 aromatic heterocycles. The van der Waals surface area contributed by atoms with Crippen molar-refractivity contribution in [1.82, 2.24) is 9.55 Å². The van der Waals surface area contributed by atoms with E-state index in [0.717, 1.165) is 22.4 Å². The molecule has 3 aromatic rings. The Morgan fingerprint density at radius 2 is 2.05 bits per heavy atom. The van der Waals surface area contributed by atoms with Gasteiger partial charge in [-0.25, -0.2) is 9.37 Å². The Morgan fingerprint density at radius 1 is 1.24 bits per heavy atom. The van der Waals surface area contributed by atoms with Gasteiger partial charge < -0.3 is 4.57 Å². The number of alkyl halides is 1. The molecule has 1 unspecified atom stereocenters. The summed E-state index contributed by atoms with van der Waals surface area (Å²) < 4.78 is 15.5. The Bertz CT molecular complexity index is 798. The van der Waals surface area contributed by atoms with Crippen molar-refractivity contribution in [3.8, 4) is 0 Å². The van der Waals surface area contributed by atoms with Crippen molar-refractivity contribution in [2.24, 2.45) is 0 Å². The molecule has 0 aliphatic rings. The minimum Gasteiger partial charge on any atom is -0.320 e. The summed E-state index contributed by atoms with van der Waals surface area (Å²) in [6.45, 7) is 2.00. The second-order valence-electron chi connectivity index (χ2n) is 4.90. The molecule has 3 rings (SSSR count). The summed E-state index contributed by atoms with van der Waals surface area (Å²) >= 11 is 12.0. The lowest BCUT2D eigenvalue weighted by Gasteiger charge is -2.17. The predicted octanol–water partition coefficient (Wildman–Crippen LogP) is 5.18. The van der Waals surface area contributed by atoms with Crippen molar-refractivity contribution in [3.05, 3.63) is 64.7 Å². The Kier molecular flexibility index (Phi) is 3.87. The van der Waals surface area contributed by atoms with Gasteiger partial charge in [-0.3, -0.25) is 0 Å². The second-order valence-corrected chi connectivity index (χ2v) is 5.60. The molecule has 108 valence electrons. The molecule has 5 heteroatoms. The second kappa shape index (κ2) is 5.66. The van der Waals surface area contributed by atoms with Crippen molar-refractivity contribution in [3.63, 3.8) is 0 Å². The quantitative estimate of drug-likeness (QED) is 0.608. The van der Waals surface area contributed by atoms with Crippen LogP contribution in [0.3, 0.4) is 0 Å². The van der Waals surface area contributed by atoms with Crippen LogP contribution < -0.4 is 0 Å². The lowest BCUT2D eigenvalue weighted by Crippen LogP contribution is -2.10. The number of hydrogen-bond donors (Lipinski definition) is 0. The van der Waals surface area contributed by atoms with Gasteiger partial charge >= 0.3 is 0 Å². The highest BCUT2D eigenvalue weighted by Gasteiger charge is 2.17. The number of benzene rings is 2. The van der Waals surface area contributed by atoms with Crippen LogP contribution in [0.15, 0.2) is 42.5 Å². The zero-order valence-electron chi connectivity index (χ0n) is 11.4. The van der Waals surface area contributed by atoms with E-state index in [1.54, 1.807) is 6.07 Å². The Morgan fingerprint density at radius 3 is 2.76 bits per heavy atom. The lowest BCUT2D eigenvalue weighted by atomic mass is 10.1. The number of rotatable bonds is 3. The molecule has 1 atom stereocenters. The average molecular weight is 323 g/mol. The van der Waals surface area contributed by atoms with Crippen LogP contribution >= 0.6 is 23.2 Å². The number of aromatic nitrogens is 2. The first-order chi connectivity index (χ1) is 10.1. The van der Waals surface area contributed by atoms with E-state index >= 15 is 0 Å². The predicted molar refractivity (Wildman–Crippen MR) is 84.5 cm³/mol. The van der Waals surface area contributed by atoms with E-state index in [1.807, 2.05) is 35.8 Å². The molecule has 0 bridgehead atoms. The highest BCUT2D eigenvalue weighted by atomic mass is 35.5. The van der Waals surface area contributed by atoms with Gasteiger partial charge in [0.2, 0.25) is 0 Å². The monoisotopic (exact) mass is 322 g/mol. The summed E-state index contributed by atoms with van der Waals surface area (Å²) in [5.74, 6) is 0.774. The minimum atomic E-state index is -0.251. The standard InChI is InChI=1S/C16H13Cl2FN2/c1-10(11-3-2-4-13(19)7-11)21-15-6-5-12(18)8-14(15)20-16(21)9-17/h2-8,10H,9H2,1H3. The van der Waals surface area contributed by atoms with Gasteiger partial charge in [-0.05, 0) is 42.8 Å². The zero-order chi connectivity index (χ0) is 15.0. The van der Waals surface area contributed by atoms with Crippen molar-refractivity contribution in [2.75, 3.05) is 0 Å². The largest absolute Gasteiger partial charge is 0.320 e. The van der Waals surface area contributed by atoms with Gasteiger partial charge in [-0.1, -0.05) is 23.7 Å². The zero-order valence-corrected chi connectivity index (χ0v) is 12.9. The Labute approximate surface area is 132 Å². The summed E-state index contributed by atoms with van der Waals surface area (Å²) in [5, 5.41) is 0.631. The van der Waals surface area contributed by atoms with E-state index < -0.39 is 0 Å². The van der Waals surface area contributed by atoms with Crippen LogP contribution in [-0.2, 0) is 5.88 Å². The molecule has 21 heavy (non-hydrogen) atoms. The third kappa shape index (κ3) is 2.63. The number of hydrogen-bond acceptors (Lipinski definition) is 1. The first-order valence-electron chi connectivity index (χ1n) is 6.58. The van der Waals surface area contributed by atoms with Crippen LogP contribution in [0.1, 0.15) is 24.4 Å². The highest BCUT2D eigenvalue weighted by molar-refractivity contribution is 6.31.